The van der Waals surface area contributed by atoms with Gasteiger partial charge in [-0.2, -0.15) is 0 Å². The Hall–Kier alpha value is -2.44. The number of likely N-dealkylation sites (tertiary alicyclic amines) is 1. The normalized spacial score (nSPS) is 28.7. The number of nitrogens with zero attached hydrogens (tertiary/aromatic N) is 3. The molecule has 4 rings (SSSR count). The van der Waals surface area contributed by atoms with Gasteiger partial charge in [-0.3, -0.25) is 19.4 Å². The van der Waals surface area contributed by atoms with Crippen molar-refractivity contribution in [2.24, 2.45) is 11.8 Å². The third kappa shape index (κ3) is 4.14. The zero-order valence-electron chi connectivity index (χ0n) is 17.3. The fourth-order valence-electron chi connectivity index (χ4n) is 5.45. The average molecular weight is 399 g/mol. The number of carbonyl (C=O) groups excluding carboxylic acids is 3. The van der Waals surface area contributed by atoms with E-state index in [0.29, 0.717) is 38.4 Å². The zero-order chi connectivity index (χ0) is 20.5. The molecule has 0 radical (unpaired) electrons. The van der Waals surface area contributed by atoms with Crippen LogP contribution in [0, 0.1) is 18.8 Å². The molecule has 4 heterocycles. The lowest BCUT2D eigenvalue weighted by molar-refractivity contribution is -0.156. The second-order valence-electron chi connectivity index (χ2n) is 8.82. The van der Waals surface area contributed by atoms with Gasteiger partial charge < -0.3 is 15.1 Å². The lowest BCUT2D eigenvalue weighted by atomic mass is 9.72. The molecule has 7 nitrogen and oxygen atoms in total. The molecule has 3 amide bonds. The molecule has 1 aromatic rings. The van der Waals surface area contributed by atoms with Gasteiger partial charge in [0.25, 0.3) is 0 Å². The van der Waals surface area contributed by atoms with Crippen molar-refractivity contribution in [2.45, 2.75) is 58.0 Å². The van der Waals surface area contributed by atoms with Gasteiger partial charge in [-0.25, -0.2) is 0 Å². The Bertz CT molecular complexity index is 811. The molecule has 1 N–H and O–H groups in total. The minimum Gasteiger partial charge on any atom is -0.354 e. The van der Waals surface area contributed by atoms with Crippen LogP contribution in [0.5, 0.6) is 0 Å². The maximum absolute atomic E-state index is 13.0. The molecule has 1 aromatic heterocycles. The summed E-state index contributed by atoms with van der Waals surface area (Å²) in [6.45, 7) is 5.33. The Morgan fingerprint density at radius 3 is 2.83 bits per heavy atom. The van der Waals surface area contributed by atoms with Gasteiger partial charge >= 0.3 is 0 Å². The number of hydrogen-bond acceptors (Lipinski definition) is 4. The molecule has 4 atom stereocenters. The van der Waals surface area contributed by atoms with Crippen molar-refractivity contribution < 1.29 is 14.4 Å². The van der Waals surface area contributed by atoms with Gasteiger partial charge in [0, 0.05) is 50.9 Å². The first-order chi connectivity index (χ1) is 13.9. The number of aryl methyl sites for hydroxylation is 1. The zero-order valence-corrected chi connectivity index (χ0v) is 17.3. The van der Waals surface area contributed by atoms with Gasteiger partial charge in [0.15, 0.2) is 0 Å². The van der Waals surface area contributed by atoms with Crippen LogP contribution in [-0.2, 0) is 20.8 Å². The smallest absolute Gasteiger partial charge is 0.228 e. The summed E-state index contributed by atoms with van der Waals surface area (Å²) in [5.41, 5.74) is 1.90. The van der Waals surface area contributed by atoms with E-state index in [4.69, 9.17) is 0 Å². The summed E-state index contributed by atoms with van der Waals surface area (Å²) in [4.78, 5) is 45.7. The Morgan fingerprint density at radius 1 is 1.28 bits per heavy atom. The van der Waals surface area contributed by atoms with E-state index < -0.39 is 0 Å². The van der Waals surface area contributed by atoms with E-state index in [1.807, 2.05) is 24.0 Å². The molecule has 0 spiro atoms. The second-order valence-corrected chi connectivity index (χ2v) is 8.82. The second kappa shape index (κ2) is 8.13. The van der Waals surface area contributed by atoms with Crippen molar-refractivity contribution in [2.75, 3.05) is 19.6 Å². The molecule has 0 unspecified atom stereocenters. The number of pyridine rings is 1. The molecule has 156 valence electrons. The Balaban J connectivity index is 1.52. The predicted molar refractivity (Wildman–Crippen MR) is 108 cm³/mol. The topological polar surface area (TPSA) is 82.6 Å². The van der Waals surface area contributed by atoms with E-state index in [0.717, 1.165) is 30.5 Å². The van der Waals surface area contributed by atoms with Crippen LogP contribution in [0.25, 0.3) is 0 Å². The quantitative estimate of drug-likeness (QED) is 0.829. The number of hydrogen-bond donors (Lipinski definition) is 1. The van der Waals surface area contributed by atoms with Gasteiger partial charge in [-0.1, -0.05) is 0 Å². The molecular formula is C22H30N4O3. The van der Waals surface area contributed by atoms with Crippen LogP contribution in [0.4, 0.5) is 0 Å². The van der Waals surface area contributed by atoms with Crippen LogP contribution >= 0.6 is 0 Å². The maximum Gasteiger partial charge on any atom is 0.228 e. The number of fused-ring (bicyclic) bond motifs is 4. The third-order valence-electron chi connectivity index (χ3n) is 6.71. The summed E-state index contributed by atoms with van der Waals surface area (Å²) in [6.07, 6.45) is 5.57. The highest BCUT2D eigenvalue weighted by Crippen LogP contribution is 2.41. The number of rotatable bonds is 4. The highest BCUT2D eigenvalue weighted by atomic mass is 16.2. The first kappa shape index (κ1) is 19.9. The maximum atomic E-state index is 13.0. The highest BCUT2D eigenvalue weighted by molar-refractivity contribution is 5.80. The molecule has 29 heavy (non-hydrogen) atoms. The van der Waals surface area contributed by atoms with Crippen LogP contribution in [0.15, 0.2) is 18.3 Å². The summed E-state index contributed by atoms with van der Waals surface area (Å²) in [6, 6.07) is 4.05. The largest absolute Gasteiger partial charge is 0.354 e. The van der Waals surface area contributed by atoms with E-state index in [-0.39, 0.29) is 35.7 Å². The summed E-state index contributed by atoms with van der Waals surface area (Å²) in [5, 5.41) is 2.92. The standard InChI is InChI=1S/C22H30N4O3/c1-14-6-7-23-18(8-14)10-22(29)25-12-16-9-17(13-25)20(11-24-15(2)27)26-19(16)4-3-5-21(26)28/h6-8,16-17,19-20H,3-5,9-13H2,1-2H3,(H,24,27)/t16-,17+,19+,20+/m1/s1. The molecule has 3 aliphatic rings. The molecule has 0 saturated carbocycles. The molecular weight excluding hydrogens is 368 g/mol. The SMILES string of the molecule is CC(=O)NC[C@H]1[C@H]2C[C@H](CN(C(=O)Cc3cc(C)ccn3)C2)[C@@H]2CCCC(=O)N21. The third-order valence-corrected chi connectivity index (χ3v) is 6.71. The number of aromatic nitrogens is 1. The molecule has 0 aliphatic carbocycles. The Morgan fingerprint density at radius 2 is 2.07 bits per heavy atom. The monoisotopic (exact) mass is 398 g/mol. The van der Waals surface area contributed by atoms with Crippen molar-refractivity contribution in [1.82, 2.24) is 20.1 Å². The summed E-state index contributed by atoms with van der Waals surface area (Å²) < 4.78 is 0. The van der Waals surface area contributed by atoms with Gasteiger partial charge in [-0.05, 0) is 55.7 Å². The van der Waals surface area contributed by atoms with Crippen molar-refractivity contribution in [3.63, 3.8) is 0 Å². The molecule has 7 heteroatoms. The van der Waals surface area contributed by atoms with E-state index in [9.17, 15) is 14.4 Å². The van der Waals surface area contributed by atoms with Crippen molar-refractivity contribution in [3.8, 4) is 0 Å². The van der Waals surface area contributed by atoms with E-state index in [2.05, 4.69) is 15.2 Å². The molecule has 3 fully saturated rings. The van der Waals surface area contributed by atoms with Gasteiger partial charge in [0.1, 0.15) is 0 Å². The fourth-order valence-corrected chi connectivity index (χ4v) is 5.45. The molecule has 0 aromatic carbocycles. The van der Waals surface area contributed by atoms with Crippen LogP contribution in [0.2, 0.25) is 0 Å². The minimum atomic E-state index is -0.0811. The Labute approximate surface area is 171 Å². The molecule has 3 saturated heterocycles. The Kier molecular flexibility index (Phi) is 5.56. The van der Waals surface area contributed by atoms with Crippen molar-refractivity contribution in [1.29, 1.82) is 0 Å². The van der Waals surface area contributed by atoms with E-state index in [1.54, 1.807) is 6.20 Å². The number of nitrogens with one attached hydrogen (secondary N) is 1. The lowest BCUT2D eigenvalue weighted by Gasteiger charge is -2.56. The van der Waals surface area contributed by atoms with Crippen LogP contribution < -0.4 is 5.32 Å². The molecule has 2 bridgehead atoms. The summed E-state index contributed by atoms with van der Waals surface area (Å²) in [5.74, 6) is 0.749. The average Bonchev–Trinajstić information content (AvgIpc) is 2.68. The first-order valence-electron chi connectivity index (χ1n) is 10.7. The van der Waals surface area contributed by atoms with Crippen LogP contribution in [0.1, 0.15) is 43.9 Å². The van der Waals surface area contributed by atoms with Crippen molar-refractivity contribution >= 4 is 17.7 Å². The summed E-state index contributed by atoms with van der Waals surface area (Å²) in [7, 11) is 0. The first-order valence-corrected chi connectivity index (χ1v) is 10.7. The number of carbonyl (C=O) groups is 3. The van der Waals surface area contributed by atoms with Gasteiger partial charge in [-0.15, -0.1) is 0 Å². The lowest BCUT2D eigenvalue weighted by Crippen LogP contribution is -2.67. The minimum absolute atomic E-state index is 0.0272. The van der Waals surface area contributed by atoms with Gasteiger partial charge in [0.05, 0.1) is 12.5 Å². The van der Waals surface area contributed by atoms with Crippen molar-refractivity contribution in [3.05, 3.63) is 29.6 Å². The number of amides is 3. The van der Waals surface area contributed by atoms with E-state index in [1.165, 1.54) is 6.92 Å². The predicted octanol–water partition coefficient (Wildman–Crippen LogP) is 1.30. The van der Waals surface area contributed by atoms with Gasteiger partial charge in [0.2, 0.25) is 17.7 Å². The molecule has 3 aliphatic heterocycles. The highest BCUT2D eigenvalue weighted by Gasteiger charge is 2.49. The summed E-state index contributed by atoms with van der Waals surface area (Å²) >= 11 is 0. The fraction of sp³-hybridized carbons (Fsp3) is 0.636. The van der Waals surface area contributed by atoms with Crippen LogP contribution in [-0.4, -0.2) is 64.2 Å². The van der Waals surface area contributed by atoms with Crippen LogP contribution in [0.3, 0.4) is 0 Å². The van der Waals surface area contributed by atoms with E-state index >= 15 is 0 Å². The number of piperidine rings is 3.